The van der Waals surface area contributed by atoms with E-state index in [0.717, 1.165) is 16.7 Å². The number of esters is 1. The molecule has 108 valence electrons. The Labute approximate surface area is 122 Å². The van der Waals surface area contributed by atoms with Crippen molar-refractivity contribution in [2.75, 3.05) is 0 Å². The van der Waals surface area contributed by atoms with E-state index in [-0.39, 0.29) is 11.4 Å². The Balaban J connectivity index is 2.24. The third kappa shape index (κ3) is 3.25. The lowest BCUT2D eigenvalue weighted by Crippen LogP contribution is -2.12. The molecule has 0 heterocycles. The molecule has 0 radical (unpaired) electrons. The zero-order chi connectivity index (χ0) is 15.6. The Morgan fingerprint density at radius 3 is 2.05 bits per heavy atom. The number of hydrogen-bond acceptors (Lipinski definition) is 4. The van der Waals surface area contributed by atoms with Gasteiger partial charge >= 0.3 is 5.97 Å². The average Bonchev–Trinajstić information content (AvgIpc) is 2.37. The molecular weight excluding hydrogens is 270 g/mol. The van der Waals surface area contributed by atoms with Crippen molar-refractivity contribution in [1.82, 2.24) is 0 Å². The highest BCUT2D eigenvalue weighted by atomic mass is 16.6. The summed E-state index contributed by atoms with van der Waals surface area (Å²) in [6, 6.07) is 9.26. The van der Waals surface area contributed by atoms with E-state index >= 15 is 0 Å². The fourth-order valence-electron chi connectivity index (χ4n) is 2.30. The predicted octanol–water partition coefficient (Wildman–Crippen LogP) is 3.74. The summed E-state index contributed by atoms with van der Waals surface area (Å²) in [4.78, 5) is 22.3. The third-order valence-corrected chi connectivity index (χ3v) is 3.14. The molecule has 0 atom stereocenters. The number of aryl methyl sites for hydroxylation is 3. The number of non-ortho nitro benzene ring substituents is 1. The lowest BCUT2D eigenvalue weighted by molar-refractivity contribution is -0.384. The minimum absolute atomic E-state index is 0.0440. The van der Waals surface area contributed by atoms with Gasteiger partial charge in [-0.25, -0.2) is 4.79 Å². The van der Waals surface area contributed by atoms with Crippen LogP contribution in [0.2, 0.25) is 0 Å². The van der Waals surface area contributed by atoms with Crippen molar-refractivity contribution < 1.29 is 14.5 Å². The molecule has 0 aliphatic heterocycles. The number of ether oxygens (including phenoxy) is 1. The molecule has 0 fully saturated rings. The molecule has 2 aromatic rings. The number of hydrogen-bond donors (Lipinski definition) is 0. The molecule has 21 heavy (non-hydrogen) atoms. The van der Waals surface area contributed by atoms with Gasteiger partial charge in [-0.1, -0.05) is 17.7 Å². The van der Waals surface area contributed by atoms with E-state index in [0.29, 0.717) is 5.56 Å². The minimum atomic E-state index is -0.500. The van der Waals surface area contributed by atoms with E-state index in [1.54, 1.807) is 0 Å². The molecule has 0 bridgehead atoms. The number of nitrogens with zero attached hydrogens (tertiary/aromatic N) is 1. The summed E-state index contributed by atoms with van der Waals surface area (Å²) in [6.07, 6.45) is 0. The van der Waals surface area contributed by atoms with Gasteiger partial charge in [0, 0.05) is 12.1 Å². The van der Waals surface area contributed by atoms with E-state index in [1.807, 2.05) is 32.9 Å². The van der Waals surface area contributed by atoms with Crippen LogP contribution in [0.25, 0.3) is 0 Å². The summed E-state index contributed by atoms with van der Waals surface area (Å²) in [5.74, 6) is -0.177. The number of benzene rings is 2. The van der Waals surface area contributed by atoms with Gasteiger partial charge in [0.05, 0.1) is 10.5 Å². The van der Waals surface area contributed by atoms with Crippen LogP contribution in [0.4, 0.5) is 5.69 Å². The molecule has 5 heteroatoms. The van der Waals surface area contributed by atoms with Gasteiger partial charge < -0.3 is 4.74 Å². The summed E-state index contributed by atoms with van der Waals surface area (Å²) in [5.41, 5.74) is 3.26. The van der Waals surface area contributed by atoms with Gasteiger partial charge in [-0.3, -0.25) is 10.1 Å². The highest BCUT2D eigenvalue weighted by molar-refractivity contribution is 5.94. The van der Waals surface area contributed by atoms with Crippen LogP contribution in [-0.2, 0) is 0 Å². The molecule has 0 aliphatic rings. The molecule has 0 spiro atoms. The van der Waals surface area contributed by atoms with Crippen molar-refractivity contribution in [2.45, 2.75) is 20.8 Å². The SMILES string of the molecule is Cc1cc(C)c(C(=O)Oc2ccc([N+](=O)[O-])cc2)c(C)c1. The fraction of sp³-hybridized carbons (Fsp3) is 0.188. The Morgan fingerprint density at radius 1 is 1.05 bits per heavy atom. The highest BCUT2D eigenvalue weighted by Crippen LogP contribution is 2.21. The Morgan fingerprint density at radius 2 is 1.57 bits per heavy atom. The second-order valence-electron chi connectivity index (χ2n) is 4.91. The first-order chi connectivity index (χ1) is 9.88. The molecule has 5 nitrogen and oxygen atoms in total. The highest BCUT2D eigenvalue weighted by Gasteiger charge is 2.15. The van der Waals surface area contributed by atoms with Crippen LogP contribution in [-0.4, -0.2) is 10.9 Å². The van der Waals surface area contributed by atoms with Crippen LogP contribution in [0.15, 0.2) is 36.4 Å². The summed E-state index contributed by atoms with van der Waals surface area (Å²) in [6.45, 7) is 5.67. The Kier molecular flexibility index (Phi) is 4.03. The molecule has 0 aliphatic carbocycles. The molecule has 0 unspecified atom stereocenters. The predicted molar refractivity (Wildman–Crippen MR) is 78.7 cm³/mol. The maximum Gasteiger partial charge on any atom is 0.344 e. The minimum Gasteiger partial charge on any atom is -0.423 e. The smallest absolute Gasteiger partial charge is 0.344 e. The number of carbonyl (C=O) groups is 1. The van der Waals surface area contributed by atoms with Gasteiger partial charge in [-0.2, -0.15) is 0 Å². The molecule has 0 saturated heterocycles. The maximum absolute atomic E-state index is 12.2. The number of nitro benzene ring substituents is 1. The molecule has 2 aromatic carbocycles. The van der Waals surface area contributed by atoms with Crippen LogP contribution in [0, 0.1) is 30.9 Å². The molecule has 2 rings (SSSR count). The van der Waals surface area contributed by atoms with Gasteiger partial charge in [-0.05, 0) is 44.0 Å². The first-order valence-corrected chi connectivity index (χ1v) is 6.43. The molecule has 0 saturated carbocycles. The molecule has 0 amide bonds. The number of nitro groups is 1. The second-order valence-corrected chi connectivity index (χ2v) is 4.91. The first-order valence-electron chi connectivity index (χ1n) is 6.43. The topological polar surface area (TPSA) is 69.4 Å². The third-order valence-electron chi connectivity index (χ3n) is 3.14. The van der Waals surface area contributed by atoms with Crippen molar-refractivity contribution in [1.29, 1.82) is 0 Å². The zero-order valence-corrected chi connectivity index (χ0v) is 12.0. The van der Waals surface area contributed by atoms with Crippen molar-refractivity contribution in [3.63, 3.8) is 0 Å². The summed E-state index contributed by atoms with van der Waals surface area (Å²) in [7, 11) is 0. The van der Waals surface area contributed by atoms with Crippen molar-refractivity contribution >= 4 is 11.7 Å². The number of carbonyl (C=O) groups excluding carboxylic acids is 1. The fourth-order valence-corrected chi connectivity index (χ4v) is 2.30. The van der Waals surface area contributed by atoms with Crippen LogP contribution < -0.4 is 4.74 Å². The Hall–Kier alpha value is -2.69. The van der Waals surface area contributed by atoms with Gasteiger partial charge in [0.15, 0.2) is 0 Å². The number of rotatable bonds is 3. The Bertz CT molecular complexity index is 682. The quantitative estimate of drug-likeness (QED) is 0.373. The van der Waals surface area contributed by atoms with Gasteiger partial charge in [0.1, 0.15) is 5.75 Å². The average molecular weight is 285 g/mol. The molecular formula is C16H15NO4. The van der Waals surface area contributed by atoms with Crippen molar-refractivity contribution in [3.05, 3.63) is 68.8 Å². The van der Waals surface area contributed by atoms with Crippen LogP contribution in [0.1, 0.15) is 27.0 Å². The van der Waals surface area contributed by atoms with Crippen molar-refractivity contribution in [3.8, 4) is 5.75 Å². The standard InChI is InChI=1S/C16H15NO4/c1-10-8-11(2)15(12(3)9-10)16(18)21-14-6-4-13(5-7-14)17(19)20/h4-9H,1-3H3. The lowest BCUT2D eigenvalue weighted by Gasteiger charge is -2.10. The second kappa shape index (κ2) is 5.75. The summed E-state index contributed by atoms with van der Waals surface area (Å²) >= 11 is 0. The molecule has 0 N–H and O–H groups in total. The van der Waals surface area contributed by atoms with Crippen LogP contribution in [0.5, 0.6) is 5.75 Å². The largest absolute Gasteiger partial charge is 0.423 e. The van der Waals surface area contributed by atoms with Crippen LogP contribution in [0.3, 0.4) is 0 Å². The van der Waals surface area contributed by atoms with E-state index in [2.05, 4.69) is 0 Å². The maximum atomic E-state index is 12.2. The van der Waals surface area contributed by atoms with E-state index in [9.17, 15) is 14.9 Å². The van der Waals surface area contributed by atoms with Gasteiger partial charge in [0.2, 0.25) is 0 Å². The molecule has 0 aromatic heterocycles. The normalized spacial score (nSPS) is 10.2. The lowest BCUT2D eigenvalue weighted by atomic mass is 10.00. The summed E-state index contributed by atoms with van der Waals surface area (Å²) < 4.78 is 5.28. The summed E-state index contributed by atoms with van der Waals surface area (Å²) in [5, 5.41) is 10.6. The van der Waals surface area contributed by atoms with Crippen LogP contribution >= 0.6 is 0 Å². The van der Waals surface area contributed by atoms with E-state index in [1.165, 1.54) is 24.3 Å². The van der Waals surface area contributed by atoms with Crippen molar-refractivity contribution in [2.24, 2.45) is 0 Å². The monoisotopic (exact) mass is 285 g/mol. The zero-order valence-electron chi connectivity index (χ0n) is 12.0. The van der Waals surface area contributed by atoms with Gasteiger partial charge in [-0.15, -0.1) is 0 Å². The first kappa shape index (κ1) is 14.7. The van der Waals surface area contributed by atoms with E-state index < -0.39 is 10.9 Å². The van der Waals surface area contributed by atoms with E-state index in [4.69, 9.17) is 4.74 Å². The van der Waals surface area contributed by atoms with Gasteiger partial charge in [0.25, 0.3) is 5.69 Å².